The van der Waals surface area contributed by atoms with Crippen LogP contribution >= 0.6 is 11.8 Å². The Labute approximate surface area is 109 Å². The van der Waals surface area contributed by atoms with Crippen molar-refractivity contribution in [1.29, 1.82) is 0 Å². The van der Waals surface area contributed by atoms with Crippen LogP contribution in [0, 0.1) is 10.1 Å². The molecule has 0 radical (unpaired) electrons. The maximum atomic E-state index is 11.3. The fraction of sp³-hybridized carbons (Fsp3) is 0. The minimum Gasteiger partial charge on any atom is -0.504 e. The number of rotatable bonds is 2. The number of aromatic hydroxyl groups is 2. The summed E-state index contributed by atoms with van der Waals surface area (Å²) in [7, 11) is 0. The van der Waals surface area contributed by atoms with Gasteiger partial charge in [0.2, 0.25) is 5.75 Å². The topological polar surface area (TPSA) is 130 Å². The standard InChI is InChI=1S/C10H6N2O6S/c13-6-2-4(1-5(8(6)14)12(17)18)3-7-9(15)11-10(16)19-7/h1-3,13-14H,(H,11,15,16)/b7-3-. The molecule has 1 fully saturated rings. The van der Waals surface area contributed by atoms with Crippen LogP contribution in [0.25, 0.3) is 6.08 Å². The summed E-state index contributed by atoms with van der Waals surface area (Å²) in [6, 6.07) is 2.03. The number of phenolic OH excluding ortho intramolecular Hbond substituents is 2. The van der Waals surface area contributed by atoms with Crippen molar-refractivity contribution in [3.8, 4) is 11.5 Å². The van der Waals surface area contributed by atoms with Crippen molar-refractivity contribution in [2.24, 2.45) is 0 Å². The van der Waals surface area contributed by atoms with E-state index >= 15 is 0 Å². The number of nitro groups is 1. The second-order valence-electron chi connectivity index (χ2n) is 3.52. The van der Waals surface area contributed by atoms with Crippen LogP contribution in [0.4, 0.5) is 10.5 Å². The summed E-state index contributed by atoms with van der Waals surface area (Å²) in [6.07, 6.45) is 1.21. The number of amides is 2. The highest BCUT2D eigenvalue weighted by Crippen LogP contribution is 2.37. The molecule has 8 nitrogen and oxygen atoms in total. The Morgan fingerprint density at radius 1 is 1.32 bits per heavy atom. The van der Waals surface area contributed by atoms with Crippen LogP contribution in [-0.2, 0) is 4.79 Å². The van der Waals surface area contributed by atoms with Crippen LogP contribution in [0.1, 0.15) is 5.56 Å². The first-order valence-corrected chi connectivity index (χ1v) is 5.65. The molecule has 1 aliphatic heterocycles. The van der Waals surface area contributed by atoms with E-state index < -0.39 is 33.3 Å². The van der Waals surface area contributed by atoms with Crippen molar-refractivity contribution in [1.82, 2.24) is 5.32 Å². The fourth-order valence-corrected chi connectivity index (χ4v) is 2.10. The van der Waals surface area contributed by atoms with Gasteiger partial charge in [0, 0.05) is 6.07 Å². The van der Waals surface area contributed by atoms with Crippen molar-refractivity contribution < 1.29 is 24.7 Å². The smallest absolute Gasteiger partial charge is 0.315 e. The zero-order valence-corrected chi connectivity index (χ0v) is 9.93. The molecule has 2 rings (SSSR count). The van der Waals surface area contributed by atoms with Gasteiger partial charge in [-0.2, -0.15) is 0 Å². The van der Waals surface area contributed by atoms with E-state index in [9.17, 15) is 29.9 Å². The molecule has 0 unspecified atom stereocenters. The minimum absolute atomic E-state index is 0.0457. The molecule has 1 heterocycles. The zero-order valence-electron chi connectivity index (χ0n) is 9.11. The average Bonchev–Trinajstić information content (AvgIpc) is 2.62. The van der Waals surface area contributed by atoms with Crippen LogP contribution in [-0.4, -0.2) is 26.3 Å². The number of nitrogens with one attached hydrogen (secondary N) is 1. The quantitative estimate of drug-likeness (QED) is 0.323. The molecule has 0 aliphatic carbocycles. The van der Waals surface area contributed by atoms with Gasteiger partial charge in [-0.15, -0.1) is 0 Å². The van der Waals surface area contributed by atoms with Crippen molar-refractivity contribution in [3.05, 3.63) is 32.7 Å². The second kappa shape index (κ2) is 4.61. The highest BCUT2D eigenvalue weighted by molar-refractivity contribution is 8.18. The van der Waals surface area contributed by atoms with E-state index in [0.29, 0.717) is 11.8 Å². The second-order valence-corrected chi connectivity index (χ2v) is 4.53. The van der Waals surface area contributed by atoms with Gasteiger partial charge in [-0.1, -0.05) is 0 Å². The maximum absolute atomic E-state index is 11.3. The predicted molar refractivity (Wildman–Crippen MR) is 65.5 cm³/mol. The van der Waals surface area contributed by atoms with Crippen LogP contribution in [0.3, 0.4) is 0 Å². The van der Waals surface area contributed by atoms with Gasteiger partial charge in [0.15, 0.2) is 5.75 Å². The summed E-state index contributed by atoms with van der Waals surface area (Å²) >= 11 is 0.640. The highest BCUT2D eigenvalue weighted by atomic mass is 32.2. The Balaban J connectivity index is 2.47. The van der Waals surface area contributed by atoms with Crippen LogP contribution in [0.2, 0.25) is 0 Å². The number of hydrogen-bond acceptors (Lipinski definition) is 7. The molecule has 98 valence electrons. The highest BCUT2D eigenvalue weighted by Gasteiger charge is 2.26. The van der Waals surface area contributed by atoms with E-state index in [2.05, 4.69) is 0 Å². The summed E-state index contributed by atoms with van der Waals surface area (Å²) in [6.45, 7) is 0. The first kappa shape index (κ1) is 12.9. The molecular formula is C10H6N2O6S. The van der Waals surface area contributed by atoms with E-state index in [1.165, 1.54) is 6.08 Å². The molecule has 2 amide bonds. The number of hydrogen-bond donors (Lipinski definition) is 3. The Hall–Kier alpha value is -2.55. The fourth-order valence-electron chi connectivity index (χ4n) is 1.42. The number of nitrogens with zero attached hydrogens (tertiary/aromatic N) is 1. The lowest BCUT2D eigenvalue weighted by Crippen LogP contribution is -2.17. The number of carbonyl (C=O) groups excluding carboxylic acids is 2. The lowest BCUT2D eigenvalue weighted by Gasteiger charge is -2.01. The van der Waals surface area contributed by atoms with Gasteiger partial charge in [-0.3, -0.25) is 25.0 Å². The predicted octanol–water partition coefficient (Wildman–Crippen LogP) is 1.33. The third-order valence-electron chi connectivity index (χ3n) is 2.23. The van der Waals surface area contributed by atoms with E-state index in [1.807, 2.05) is 5.32 Å². The van der Waals surface area contributed by atoms with E-state index in [0.717, 1.165) is 12.1 Å². The molecule has 3 N–H and O–H groups in total. The van der Waals surface area contributed by atoms with Gasteiger partial charge in [0.25, 0.3) is 11.1 Å². The number of nitro benzene ring substituents is 1. The summed E-state index contributed by atoms with van der Waals surface area (Å²) in [5.74, 6) is -2.16. The average molecular weight is 282 g/mol. The number of phenols is 2. The van der Waals surface area contributed by atoms with Crippen molar-refractivity contribution in [2.75, 3.05) is 0 Å². The molecule has 1 saturated heterocycles. The number of thioether (sulfide) groups is 1. The van der Waals surface area contributed by atoms with Gasteiger partial charge in [-0.25, -0.2) is 0 Å². The Morgan fingerprint density at radius 2 is 2.00 bits per heavy atom. The Morgan fingerprint density at radius 3 is 2.53 bits per heavy atom. The summed E-state index contributed by atoms with van der Waals surface area (Å²) in [5, 5.41) is 30.8. The first-order chi connectivity index (χ1) is 8.88. The SMILES string of the molecule is O=C1NC(=O)/C(=C/c2cc(O)c(O)c([N+](=O)[O-])c2)S1. The van der Waals surface area contributed by atoms with Gasteiger partial charge < -0.3 is 10.2 Å². The molecule has 0 bridgehead atoms. The Kier molecular flexibility index (Phi) is 3.13. The Bertz CT molecular complexity index is 639. The van der Waals surface area contributed by atoms with Crippen molar-refractivity contribution in [2.45, 2.75) is 0 Å². The first-order valence-electron chi connectivity index (χ1n) is 4.83. The van der Waals surface area contributed by atoms with E-state index in [-0.39, 0.29) is 10.5 Å². The molecule has 19 heavy (non-hydrogen) atoms. The van der Waals surface area contributed by atoms with Gasteiger partial charge >= 0.3 is 5.69 Å². The molecule has 0 spiro atoms. The lowest BCUT2D eigenvalue weighted by atomic mass is 10.1. The van der Waals surface area contributed by atoms with Crippen LogP contribution in [0.15, 0.2) is 17.0 Å². The number of benzene rings is 1. The molecule has 1 aromatic rings. The molecule has 0 saturated carbocycles. The van der Waals surface area contributed by atoms with Gasteiger partial charge in [0.05, 0.1) is 9.83 Å². The van der Waals surface area contributed by atoms with Crippen molar-refractivity contribution in [3.63, 3.8) is 0 Å². The van der Waals surface area contributed by atoms with Crippen LogP contribution < -0.4 is 5.32 Å². The summed E-state index contributed by atoms with van der Waals surface area (Å²) in [4.78, 5) is 32.1. The monoisotopic (exact) mass is 282 g/mol. The van der Waals surface area contributed by atoms with Crippen LogP contribution in [0.5, 0.6) is 11.5 Å². The molecule has 0 atom stereocenters. The summed E-state index contributed by atoms with van der Waals surface area (Å²) in [5.41, 5.74) is -0.573. The third-order valence-corrected chi connectivity index (χ3v) is 3.04. The normalized spacial score (nSPS) is 16.7. The van der Waals surface area contributed by atoms with Crippen molar-refractivity contribution >= 4 is 34.7 Å². The minimum atomic E-state index is -0.871. The molecule has 1 aromatic carbocycles. The molecule has 0 aromatic heterocycles. The van der Waals surface area contributed by atoms with E-state index in [4.69, 9.17) is 0 Å². The maximum Gasteiger partial charge on any atom is 0.315 e. The van der Waals surface area contributed by atoms with E-state index in [1.54, 1.807) is 0 Å². The lowest BCUT2D eigenvalue weighted by molar-refractivity contribution is -0.386. The number of carbonyl (C=O) groups is 2. The third kappa shape index (κ3) is 2.50. The van der Waals surface area contributed by atoms with Gasteiger partial charge in [0.1, 0.15) is 0 Å². The molecular weight excluding hydrogens is 276 g/mol. The molecule has 9 heteroatoms. The largest absolute Gasteiger partial charge is 0.504 e. The molecule has 1 aliphatic rings. The summed E-state index contributed by atoms with van der Waals surface area (Å²) < 4.78 is 0. The van der Waals surface area contributed by atoms with Gasteiger partial charge in [-0.05, 0) is 29.5 Å². The zero-order chi connectivity index (χ0) is 14.2. The number of imide groups is 1.